The average Bonchev–Trinajstić information content (AvgIpc) is 2.69. The zero-order chi connectivity index (χ0) is 18.5. The molecule has 0 saturated heterocycles. The van der Waals surface area contributed by atoms with E-state index in [0.717, 1.165) is 22.4 Å². The monoisotopic (exact) mass is 347 g/mol. The van der Waals surface area contributed by atoms with Crippen LogP contribution < -0.4 is 10.1 Å². The number of methoxy groups -OCH3 is 1. The van der Waals surface area contributed by atoms with Crippen LogP contribution in [0, 0.1) is 0 Å². The minimum absolute atomic E-state index is 0.0638. The molecule has 26 heavy (non-hydrogen) atoms. The van der Waals surface area contributed by atoms with Crippen molar-refractivity contribution in [1.82, 2.24) is 0 Å². The molecule has 0 fully saturated rings. The lowest BCUT2D eigenvalue weighted by Gasteiger charge is -2.20. The minimum Gasteiger partial charge on any atom is -0.497 e. The van der Waals surface area contributed by atoms with E-state index in [1.165, 1.54) is 0 Å². The molecule has 0 aromatic heterocycles. The molecule has 0 aliphatic heterocycles. The highest BCUT2D eigenvalue weighted by Gasteiger charge is 2.19. The number of benzene rings is 3. The molecule has 3 aromatic rings. The molecule has 3 rings (SSSR count). The second kappa shape index (κ2) is 7.74. The van der Waals surface area contributed by atoms with Gasteiger partial charge >= 0.3 is 5.97 Å². The molecule has 1 unspecified atom stereocenters. The molecule has 132 valence electrons. The van der Waals surface area contributed by atoms with Crippen LogP contribution >= 0.6 is 0 Å². The van der Waals surface area contributed by atoms with Gasteiger partial charge in [-0.1, -0.05) is 48.5 Å². The highest BCUT2D eigenvalue weighted by molar-refractivity contribution is 5.94. The average molecular weight is 347 g/mol. The van der Waals surface area contributed by atoms with Gasteiger partial charge in [0.15, 0.2) is 0 Å². The second-order valence-electron chi connectivity index (χ2n) is 5.98. The largest absolute Gasteiger partial charge is 0.497 e. The molecule has 0 spiro atoms. The fourth-order valence-corrected chi connectivity index (χ4v) is 3.16. The van der Waals surface area contributed by atoms with Crippen LogP contribution in [0.15, 0.2) is 72.8 Å². The maximum Gasteiger partial charge on any atom is 0.337 e. The molecular weight excluding hydrogens is 326 g/mol. The zero-order valence-electron chi connectivity index (χ0n) is 14.8. The number of aromatic carboxylic acids is 1. The Morgan fingerprint density at radius 2 is 1.54 bits per heavy atom. The molecule has 0 aliphatic rings. The van der Waals surface area contributed by atoms with Gasteiger partial charge < -0.3 is 15.2 Å². The molecule has 4 heteroatoms. The summed E-state index contributed by atoms with van der Waals surface area (Å²) in [5, 5.41) is 12.5. The predicted molar refractivity (Wildman–Crippen MR) is 103 cm³/mol. The van der Waals surface area contributed by atoms with Crippen LogP contribution in [0.1, 0.15) is 33.0 Å². The number of nitrogens with one attached hydrogen (secondary N) is 1. The highest BCUT2D eigenvalue weighted by Crippen LogP contribution is 2.34. The number of carboxylic acid groups (broad SMARTS) is 1. The van der Waals surface area contributed by atoms with Crippen LogP contribution in [0.3, 0.4) is 0 Å². The van der Waals surface area contributed by atoms with Gasteiger partial charge in [-0.3, -0.25) is 0 Å². The van der Waals surface area contributed by atoms with E-state index >= 15 is 0 Å². The fourth-order valence-electron chi connectivity index (χ4n) is 3.16. The van der Waals surface area contributed by atoms with Gasteiger partial charge in [-0.15, -0.1) is 0 Å². The Morgan fingerprint density at radius 1 is 0.923 bits per heavy atom. The molecule has 2 N–H and O–H groups in total. The Labute approximate surface area is 153 Å². The Bertz CT molecular complexity index is 889. The topological polar surface area (TPSA) is 58.6 Å². The van der Waals surface area contributed by atoms with Gasteiger partial charge in [0.2, 0.25) is 0 Å². The number of rotatable bonds is 6. The highest BCUT2D eigenvalue weighted by atomic mass is 16.5. The molecule has 0 aliphatic carbocycles. The first-order valence-corrected chi connectivity index (χ1v) is 8.38. The summed E-state index contributed by atoms with van der Waals surface area (Å²) >= 11 is 0. The minimum atomic E-state index is -0.947. The first-order valence-electron chi connectivity index (χ1n) is 8.38. The predicted octanol–water partition coefficient (Wildman–Crippen LogP) is 4.62. The summed E-state index contributed by atoms with van der Waals surface area (Å²) in [6, 6.07) is 23.5. The van der Waals surface area contributed by atoms with E-state index in [9.17, 15) is 9.90 Å². The van der Waals surface area contributed by atoms with Crippen LogP contribution in [0.5, 0.6) is 5.75 Å². The Balaban J connectivity index is 2.14. The maximum atomic E-state index is 11.7. The van der Waals surface area contributed by atoms with Gasteiger partial charge in [-0.2, -0.15) is 0 Å². The number of anilines is 1. The van der Waals surface area contributed by atoms with Crippen molar-refractivity contribution in [2.24, 2.45) is 0 Å². The summed E-state index contributed by atoms with van der Waals surface area (Å²) in [5.74, 6) is -0.221. The van der Waals surface area contributed by atoms with Crippen LogP contribution in [-0.4, -0.2) is 25.2 Å². The van der Waals surface area contributed by atoms with Crippen molar-refractivity contribution in [3.63, 3.8) is 0 Å². The molecule has 0 amide bonds. The second-order valence-corrected chi connectivity index (χ2v) is 5.98. The van der Waals surface area contributed by atoms with Crippen molar-refractivity contribution in [3.05, 3.63) is 95.1 Å². The molecule has 3 aromatic carbocycles. The molecule has 0 heterocycles. The van der Waals surface area contributed by atoms with Crippen molar-refractivity contribution in [1.29, 1.82) is 0 Å². The van der Waals surface area contributed by atoms with E-state index in [4.69, 9.17) is 4.74 Å². The number of carboxylic acids is 1. The molecule has 0 saturated carbocycles. The lowest BCUT2D eigenvalue weighted by molar-refractivity contribution is 0.0698. The Hall–Kier alpha value is -3.27. The summed E-state index contributed by atoms with van der Waals surface area (Å²) in [4.78, 5) is 11.7. The Kier molecular flexibility index (Phi) is 5.23. The lowest BCUT2D eigenvalue weighted by Crippen LogP contribution is -2.08. The van der Waals surface area contributed by atoms with Crippen molar-refractivity contribution in [2.45, 2.75) is 5.92 Å². The first kappa shape index (κ1) is 17.5. The molecule has 1 atom stereocenters. The van der Waals surface area contributed by atoms with E-state index in [-0.39, 0.29) is 11.5 Å². The van der Waals surface area contributed by atoms with Crippen molar-refractivity contribution < 1.29 is 14.6 Å². The quantitative estimate of drug-likeness (QED) is 0.639. The summed E-state index contributed by atoms with van der Waals surface area (Å²) in [6.45, 7) is 0. The van der Waals surface area contributed by atoms with E-state index in [1.54, 1.807) is 20.2 Å². The van der Waals surface area contributed by atoms with E-state index in [0.29, 0.717) is 5.69 Å². The number of ether oxygens (including phenoxy) is 1. The third-order valence-corrected chi connectivity index (χ3v) is 4.46. The van der Waals surface area contributed by atoms with Crippen LogP contribution in [-0.2, 0) is 0 Å². The van der Waals surface area contributed by atoms with Gasteiger partial charge in [0.1, 0.15) is 5.75 Å². The summed E-state index contributed by atoms with van der Waals surface area (Å²) in [5.41, 5.74) is 3.97. The summed E-state index contributed by atoms with van der Waals surface area (Å²) < 4.78 is 5.26. The van der Waals surface area contributed by atoms with E-state index in [1.807, 2.05) is 54.6 Å². The van der Waals surface area contributed by atoms with Gasteiger partial charge in [0, 0.05) is 18.7 Å². The number of hydrogen-bond donors (Lipinski definition) is 2. The smallest absolute Gasteiger partial charge is 0.337 e. The summed E-state index contributed by atoms with van der Waals surface area (Å²) in [7, 11) is 3.36. The van der Waals surface area contributed by atoms with Crippen LogP contribution in [0.25, 0.3) is 0 Å². The number of hydrogen-bond acceptors (Lipinski definition) is 3. The van der Waals surface area contributed by atoms with Crippen molar-refractivity contribution in [2.75, 3.05) is 19.5 Å². The fraction of sp³-hybridized carbons (Fsp3) is 0.136. The normalized spacial score (nSPS) is 11.6. The lowest BCUT2D eigenvalue weighted by atomic mass is 9.84. The SMILES string of the molecule is CNc1ccc(C(c2ccccc2)c2ccc(OC)cc2)cc1C(=O)O. The maximum absolute atomic E-state index is 11.7. The van der Waals surface area contributed by atoms with Crippen LogP contribution in [0.4, 0.5) is 5.69 Å². The standard InChI is InChI=1S/C22H21NO3/c1-23-20-13-10-17(14-19(20)22(24)25)21(15-6-4-3-5-7-15)16-8-11-18(26-2)12-9-16/h3-14,21,23H,1-2H3,(H,24,25). The third kappa shape index (κ3) is 3.54. The van der Waals surface area contributed by atoms with E-state index < -0.39 is 5.97 Å². The third-order valence-electron chi connectivity index (χ3n) is 4.46. The molecule has 0 bridgehead atoms. The van der Waals surface area contributed by atoms with Gasteiger partial charge in [0.05, 0.1) is 12.7 Å². The van der Waals surface area contributed by atoms with Crippen LogP contribution in [0.2, 0.25) is 0 Å². The molecule has 0 radical (unpaired) electrons. The molecular formula is C22H21NO3. The number of carbonyl (C=O) groups is 1. The van der Waals surface area contributed by atoms with Gasteiger partial charge in [-0.05, 0) is 41.0 Å². The Morgan fingerprint density at radius 3 is 2.12 bits per heavy atom. The van der Waals surface area contributed by atoms with E-state index in [2.05, 4.69) is 17.4 Å². The molecule has 4 nitrogen and oxygen atoms in total. The van der Waals surface area contributed by atoms with Gasteiger partial charge in [-0.25, -0.2) is 4.79 Å². The zero-order valence-corrected chi connectivity index (χ0v) is 14.8. The van der Waals surface area contributed by atoms with Crippen molar-refractivity contribution >= 4 is 11.7 Å². The van der Waals surface area contributed by atoms with Crippen molar-refractivity contribution in [3.8, 4) is 5.75 Å². The van der Waals surface area contributed by atoms with Gasteiger partial charge in [0.25, 0.3) is 0 Å². The first-order chi connectivity index (χ1) is 12.6. The summed E-state index contributed by atoms with van der Waals surface area (Å²) in [6.07, 6.45) is 0.